The number of esters is 1. The Hall–Kier alpha value is -3.58. The minimum atomic E-state index is -0.395. The molecule has 1 aliphatic rings. The lowest BCUT2D eigenvalue weighted by Crippen LogP contribution is -2.25. The van der Waals surface area contributed by atoms with Crippen molar-refractivity contribution in [2.45, 2.75) is 64.2 Å². The summed E-state index contributed by atoms with van der Waals surface area (Å²) in [7, 11) is 3.05. The highest BCUT2D eigenvalue weighted by Gasteiger charge is 2.28. The predicted molar refractivity (Wildman–Crippen MR) is 157 cm³/mol. The topological polar surface area (TPSA) is 134 Å². The van der Waals surface area contributed by atoms with Gasteiger partial charge in [0.2, 0.25) is 5.91 Å². The quantitative estimate of drug-likeness (QED) is 0.203. The lowest BCUT2D eigenvalue weighted by atomic mass is 10.1. The number of hydrogen-bond acceptors (Lipinski definition) is 10. The number of benzene rings is 1. The van der Waals surface area contributed by atoms with Crippen molar-refractivity contribution < 1.29 is 28.6 Å². The van der Waals surface area contributed by atoms with E-state index in [1.54, 1.807) is 25.1 Å². The first-order valence-electron chi connectivity index (χ1n) is 13.6. The first-order valence-corrected chi connectivity index (χ1v) is 15.4. The molecule has 13 heteroatoms. The summed E-state index contributed by atoms with van der Waals surface area (Å²) in [6, 6.07) is 4.95. The van der Waals surface area contributed by atoms with E-state index in [2.05, 4.69) is 27.8 Å². The van der Waals surface area contributed by atoms with Gasteiger partial charge in [0.25, 0.3) is 5.91 Å². The monoisotopic (exact) mass is 601 g/mol. The minimum Gasteiger partial charge on any atom is -0.493 e. The van der Waals surface area contributed by atoms with Crippen LogP contribution in [0, 0.1) is 0 Å². The highest BCUT2D eigenvalue weighted by molar-refractivity contribution is 7.99. The second-order valence-electron chi connectivity index (χ2n) is 9.28. The summed E-state index contributed by atoms with van der Waals surface area (Å²) < 4.78 is 17.7. The molecule has 0 atom stereocenters. The van der Waals surface area contributed by atoms with E-state index in [4.69, 9.17) is 14.2 Å². The smallest absolute Gasteiger partial charge is 0.341 e. The summed E-state index contributed by atoms with van der Waals surface area (Å²) in [6.45, 7) is 4.95. The van der Waals surface area contributed by atoms with Crippen molar-refractivity contribution in [3.8, 4) is 11.5 Å². The molecule has 0 spiro atoms. The van der Waals surface area contributed by atoms with Crippen LogP contribution in [0.1, 0.15) is 70.1 Å². The molecule has 0 radical (unpaired) electrons. The fourth-order valence-corrected chi connectivity index (χ4v) is 6.62. The zero-order valence-electron chi connectivity index (χ0n) is 23.7. The maximum absolute atomic E-state index is 12.9. The molecule has 41 heavy (non-hydrogen) atoms. The van der Waals surface area contributed by atoms with E-state index in [0.717, 1.165) is 42.5 Å². The number of nitrogens with zero attached hydrogens (tertiary/aromatic N) is 3. The van der Waals surface area contributed by atoms with E-state index < -0.39 is 5.97 Å². The molecule has 11 nitrogen and oxygen atoms in total. The number of aryl methyl sites for hydroxylation is 1. The number of hydrogen-bond donors (Lipinski definition) is 2. The molecule has 3 aromatic rings. The van der Waals surface area contributed by atoms with Crippen LogP contribution in [0.15, 0.2) is 23.4 Å². The highest BCUT2D eigenvalue weighted by Crippen LogP contribution is 2.39. The normalized spacial score (nSPS) is 12.1. The van der Waals surface area contributed by atoms with Crippen LogP contribution in [0.5, 0.6) is 11.5 Å². The maximum Gasteiger partial charge on any atom is 0.341 e. The van der Waals surface area contributed by atoms with E-state index in [1.165, 1.54) is 37.3 Å². The third-order valence-corrected chi connectivity index (χ3v) is 8.74. The van der Waals surface area contributed by atoms with Crippen molar-refractivity contribution in [2.75, 3.05) is 31.9 Å². The summed E-state index contributed by atoms with van der Waals surface area (Å²) >= 11 is 2.72. The van der Waals surface area contributed by atoms with Crippen LogP contribution in [0.2, 0.25) is 0 Å². The molecule has 4 rings (SSSR count). The SMILES string of the molecule is CCCCn1c(CNC(=O)c2ccc(OC)c(OC)c2)nnc1SCC(=O)Nc1sc2c(c1C(=O)OCC)CCC2. The van der Waals surface area contributed by atoms with Crippen LogP contribution in [-0.4, -0.2) is 59.1 Å². The summed E-state index contributed by atoms with van der Waals surface area (Å²) in [5.41, 5.74) is 1.91. The van der Waals surface area contributed by atoms with Crippen LogP contribution in [0.4, 0.5) is 5.00 Å². The van der Waals surface area contributed by atoms with Gasteiger partial charge in [0, 0.05) is 17.0 Å². The van der Waals surface area contributed by atoms with Crippen molar-refractivity contribution in [1.29, 1.82) is 0 Å². The summed E-state index contributed by atoms with van der Waals surface area (Å²) in [5, 5.41) is 15.5. The molecule has 2 N–H and O–H groups in total. The molecule has 0 aliphatic heterocycles. The summed E-state index contributed by atoms with van der Waals surface area (Å²) in [5.74, 6) is 0.758. The molecule has 2 aromatic heterocycles. The average Bonchev–Trinajstić information content (AvgIpc) is 3.67. The molecule has 0 fully saturated rings. The fraction of sp³-hybridized carbons (Fsp3) is 0.464. The Labute approximate surface area is 247 Å². The number of unbranched alkanes of at least 4 members (excludes halogenated alkanes) is 1. The number of nitrogens with one attached hydrogen (secondary N) is 2. The van der Waals surface area contributed by atoms with Gasteiger partial charge in [0.15, 0.2) is 22.5 Å². The van der Waals surface area contributed by atoms with Crippen LogP contribution in [-0.2, 0) is 35.5 Å². The molecule has 220 valence electrons. The highest BCUT2D eigenvalue weighted by atomic mass is 32.2. The van der Waals surface area contributed by atoms with Gasteiger partial charge in [-0.1, -0.05) is 25.1 Å². The molecule has 2 amide bonds. The van der Waals surface area contributed by atoms with E-state index in [0.29, 0.717) is 45.2 Å². The van der Waals surface area contributed by atoms with Gasteiger partial charge < -0.3 is 29.4 Å². The number of aromatic nitrogens is 3. The number of amides is 2. The lowest BCUT2D eigenvalue weighted by Gasteiger charge is -2.12. The van der Waals surface area contributed by atoms with Gasteiger partial charge in [-0.3, -0.25) is 9.59 Å². The van der Waals surface area contributed by atoms with Gasteiger partial charge >= 0.3 is 5.97 Å². The molecule has 2 heterocycles. The summed E-state index contributed by atoms with van der Waals surface area (Å²) in [4.78, 5) is 39.5. The van der Waals surface area contributed by atoms with Gasteiger partial charge in [0.05, 0.1) is 38.7 Å². The van der Waals surface area contributed by atoms with Crippen LogP contribution >= 0.6 is 23.1 Å². The summed E-state index contributed by atoms with van der Waals surface area (Å²) in [6.07, 6.45) is 4.57. The molecular weight excluding hydrogens is 566 g/mol. The molecule has 0 unspecified atom stereocenters. The van der Waals surface area contributed by atoms with E-state index in [-0.39, 0.29) is 30.7 Å². The molecule has 0 saturated carbocycles. The number of methoxy groups -OCH3 is 2. The van der Waals surface area contributed by atoms with Gasteiger partial charge in [-0.05, 0) is 56.4 Å². The van der Waals surface area contributed by atoms with Gasteiger partial charge in [0.1, 0.15) is 5.00 Å². The number of carbonyl (C=O) groups is 3. The third-order valence-electron chi connectivity index (χ3n) is 6.57. The Kier molecular flexibility index (Phi) is 10.6. The second-order valence-corrected chi connectivity index (χ2v) is 11.3. The third kappa shape index (κ3) is 7.20. The number of ether oxygens (including phenoxy) is 3. The molecule has 1 aliphatic carbocycles. The van der Waals surface area contributed by atoms with E-state index in [9.17, 15) is 14.4 Å². The van der Waals surface area contributed by atoms with Crippen molar-refractivity contribution >= 4 is 45.9 Å². The number of anilines is 1. The minimum absolute atomic E-state index is 0.0904. The average molecular weight is 602 g/mol. The number of carbonyl (C=O) groups excluding carboxylic acids is 3. The van der Waals surface area contributed by atoms with E-state index >= 15 is 0 Å². The Morgan fingerprint density at radius 2 is 1.90 bits per heavy atom. The Balaban J connectivity index is 1.41. The number of fused-ring (bicyclic) bond motifs is 1. The lowest BCUT2D eigenvalue weighted by molar-refractivity contribution is -0.113. The Bertz CT molecular complexity index is 1400. The zero-order valence-corrected chi connectivity index (χ0v) is 25.3. The first kappa shape index (κ1) is 30.4. The van der Waals surface area contributed by atoms with Crippen LogP contribution in [0.3, 0.4) is 0 Å². The largest absolute Gasteiger partial charge is 0.493 e. The zero-order chi connectivity index (χ0) is 29.4. The number of thiophene rings is 1. The van der Waals surface area contributed by atoms with Crippen molar-refractivity contribution in [3.05, 3.63) is 45.6 Å². The Morgan fingerprint density at radius 1 is 1.10 bits per heavy atom. The Morgan fingerprint density at radius 3 is 2.63 bits per heavy atom. The molecule has 1 aromatic carbocycles. The number of rotatable bonds is 14. The van der Waals surface area contributed by atoms with Crippen LogP contribution in [0.25, 0.3) is 0 Å². The van der Waals surface area contributed by atoms with Gasteiger partial charge in [-0.2, -0.15) is 0 Å². The van der Waals surface area contributed by atoms with E-state index in [1.807, 2.05) is 4.57 Å². The van der Waals surface area contributed by atoms with Crippen molar-refractivity contribution in [1.82, 2.24) is 20.1 Å². The number of thioether (sulfide) groups is 1. The molecule has 0 saturated heterocycles. The van der Waals surface area contributed by atoms with Crippen molar-refractivity contribution in [3.63, 3.8) is 0 Å². The first-order chi connectivity index (χ1) is 19.9. The standard InChI is InChI=1S/C28H35N5O6S2/c1-5-7-13-33-22(15-29-25(35)17-11-12-19(37-3)20(14-17)38-4)31-32-28(33)40-16-23(34)30-26-24(27(36)39-6-2)18-9-8-10-21(18)41-26/h11-12,14H,5-10,13,15-16H2,1-4H3,(H,29,35)(H,30,34). The van der Waals surface area contributed by atoms with Gasteiger partial charge in [-0.15, -0.1) is 21.5 Å². The molecule has 0 bridgehead atoms. The maximum atomic E-state index is 12.9. The fourth-order valence-electron chi connectivity index (χ4n) is 4.54. The van der Waals surface area contributed by atoms with Crippen molar-refractivity contribution in [2.24, 2.45) is 0 Å². The van der Waals surface area contributed by atoms with Crippen LogP contribution < -0.4 is 20.1 Å². The predicted octanol–water partition coefficient (Wildman–Crippen LogP) is 4.48. The second kappa shape index (κ2) is 14.4. The molecular formula is C28H35N5O6S2. The van der Waals surface area contributed by atoms with Gasteiger partial charge in [-0.25, -0.2) is 4.79 Å².